The molecule has 0 bridgehead atoms. The van der Waals surface area contributed by atoms with Crippen LogP contribution < -0.4 is 16.6 Å². The molecule has 0 radical (unpaired) electrons. The Kier molecular flexibility index (Phi) is 3.58. The Labute approximate surface area is 109 Å². The second-order valence-corrected chi connectivity index (χ2v) is 3.99. The van der Waals surface area contributed by atoms with Crippen molar-refractivity contribution in [3.63, 3.8) is 0 Å². The number of nitro groups is 1. The van der Waals surface area contributed by atoms with Gasteiger partial charge in [-0.25, -0.2) is 10.8 Å². The third kappa shape index (κ3) is 3.17. The van der Waals surface area contributed by atoms with Crippen molar-refractivity contribution < 1.29 is 4.92 Å². The molecule has 4 N–H and O–H groups in total. The van der Waals surface area contributed by atoms with Crippen molar-refractivity contribution in [3.05, 3.63) is 52.1 Å². The van der Waals surface area contributed by atoms with Crippen LogP contribution in [0.25, 0.3) is 0 Å². The van der Waals surface area contributed by atoms with E-state index in [1.54, 1.807) is 0 Å². The van der Waals surface area contributed by atoms with Gasteiger partial charge in [0.2, 0.25) is 0 Å². The van der Waals surface area contributed by atoms with Gasteiger partial charge in [-0.1, -0.05) is 12.1 Å². The average molecular weight is 259 g/mol. The maximum Gasteiger partial charge on any atom is 0.276 e. The molecule has 0 atom stereocenters. The standard InChI is InChI=1S/C12H13N5O2/c1-8-3-2-4-9(5-8)14-11-6-10(17(18)19)7-12(15-11)16-13/h2-7H,13H2,1H3,(H2,14,15,16). The molecule has 98 valence electrons. The summed E-state index contributed by atoms with van der Waals surface area (Å²) in [6.45, 7) is 1.96. The minimum absolute atomic E-state index is 0.0851. The Balaban J connectivity index is 2.34. The number of aromatic nitrogens is 1. The molecule has 7 nitrogen and oxygen atoms in total. The van der Waals surface area contributed by atoms with Crippen molar-refractivity contribution in [1.29, 1.82) is 0 Å². The first kappa shape index (κ1) is 12.8. The number of aryl methyl sites for hydroxylation is 1. The van der Waals surface area contributed by atoms with E-state index in [9.17, 15) is 10.1 Å². The van der Waals surface area contributed by atoms with E-state index < -0.39 is 4.92 Å². The van der Waals surface area contributed by atoms with Crippen molar-refractivity contribution in [1.82, 2.24) is 4.98 Å². The smallest absolute Gasteiger partial charge is 0.276 e. The largest absolute Gasteiger partial charge is 0.340 e. The number of nitrogen functional groups attached to an aromatic ring is 1. The fourth-order valence-corrected chi connectivity index (χ4v) is 1.63. The number of hydrogen-bond donors (Lipinski definition) is 3. The highest BCUT2D eigenvalue weighted by Gasteiger charge is 2.10. The number of benzene rings is 1. The molecule has 0 saturated heterocycles. The second-order valence-electron chi connectivity index (χ2n) is 3.99. The van der Waals surface area contributed by atoms with Crippen molar-refractivity contribution in [3.8, 4) is 0 Å². The fraction of sp³-hybridized carbons (Fsp3) is 0.0833. The molecule has 0 saturated carbocycles. The normalized spacial score (nSPS) is 10.0. The monoisotopic (exact) mass is 259 g/mol. The molecule has 1 aromatic carbocycles. The third-order valence-electron chi connectivity index (χ3n) is 2.46. The summed E-state index contributed by atoms with van der Waals surface area (Å²) in [6, 6.07) is 10.2. The summed E-state index contributed by atoms with van der Waals surface area (Å²) in [5.74, 6) is 5.82. The number of nitrogens with two attached hydrogens (primary N) is 1. The van der Waals surface area contributed by atoms with Gasteiger partial charge in [-0.05, 0) is 24.6 Å². The Hall–Kier alpha value is -2.67. The highest BCUT2D eigenvalue weighted by atomic mass is 16.6. The fourth-order valence-electron chi connectivity index (χ4n) is 1.63. The number of nitrogens with zero attached hydrogens (tertiary/aromatic N) is 2. The van der Waals surface area contributed by atoms with Crippen LogP contribution in [0.2, 0.25) is 0 Å². The molecule has 2 aromatic rings. The van der Waals surface area contributed by atoms with E-state index in [1.165, 1.54) is 12.1 Å². The Bertz CT molecular complexity index is 615. The van der Waals surface area contributed by atoms with Gasteiger partial charge < -0.3 is 10.7 Å². The van der Waals surface area contributed by atoms with E-state index in [4.69, 9.17) is 5.84 Å². The van der Waals surface area contributed by atoms with Gasteiger partial charge in [0.05, 0.1) is 17.1 Å². The maximum absolute atomic E-state index is 10.8. The predicted molar refractivity (Wildman–Crippen MR) is 73.2 cm³/mol. The van der Waals surface area contributed by atoms with Crippen molar-refractivity contribution in [2.75, 3.05) is 10.7 Å². The molecule has 1 aromatic heterocycles. The average Bonchev–Trinajstić information content (AvgIpc) is 2.38. The lowest BCUT2D eigenvalue weighted by Crippen LogP contribution is -2.10. The highest BCUT2D eigenvalue weighted by molar-refractivity contribution is 5.62. The Morgan fingerprint density at radius 3 is 2.63 bits per heavy atom. The summed E-state index contributed by atoms with van der Waals surface area (Å²) in [5, 5.41) is 13.8. The summed E-state index contributed by atoms with van der Waals surface area (Å²) in [4.78, 5) is 14.4. The number of rotatable bonds is 4. The van der Waals surface area contributed by atoms with Crippen LogP contribution in [-0.4, -0.2) is 9.91 Å². The van der Waals surface area contributed by atoms with Crippen LogP contribution in [0.3, 0.4) is 0 Å². The molecule has 0 aliphatic carbocycles. The summed E-state index contributed by atoms with van der Waals surface area (Å²) in [7, 11) is 0. The highest BCUT2D eigenvalue weighted by Crippen LogP contribution is 2.23. The van der Waals surface area contributed by atoms with E-state index in [0.717, 1.165) is 11.3 Å². The van der Waals surface area contributed by atoms with E-state index in [0.29, 0.717) is 5.82 Å². The van der Waals surface area contributed by atoms with Gasteiger partial charge in [0.1, 0.15) is 11.6 Å². The van der Waals surface area contributed by atoms with Crippen LogP contribution in [0.1, 0.15) is 5.56 Å². The van der Waals surface area contributed by atoms with Crippen LogP contribution in [0.5, 0.6) is 0 Å². The van der Waals surface area contributed by atoms with E-state index >= 15 is 0 Å². The first-order chi connectivity index (χ1) is 9.08. The number of hydrogen-bond acceptors (Lipinski definition) is 6. The van der Waals surface area contributed by atoms with Gasteiger partial charge in [-0.3, -0.25) is 10.1 Å². The minimum Gasteiger partial charge on any atom is -0.340 e. The second kappa shape index (κ2) is 5.32. The zero-order valence-corrected chi connectivity index (χ0v) is 10.3. The maximum atomic E-state index is 10.8. The van der Waals surface area contributed by atoms with Gasteiger partial charge in [0.15, 0.2) is 0 Å². The van der Waals surface area contributed by atoms with Gasteiger partial charge in [0.25, 0.3) is 5.69 Å². The molecule has 7 heteroatoms. The summed E-state index contributed by atoms with van der Waals surface area (Å²) >= 11 is 0. The van der Waals surface area contributed by atoms with Crippen molar-refractivity contribution >= 4 is 23.0 Å². The van der Waals surface area contributed by atoms with Gasteiger partial charge in [-0.15, -0.1) is 0 Å². The molecule has 0 unspecified atom stereocenters. The molecule has 0 amide bonds. The lowest BCUT2D eigenvalue weighted by molar-refractivity contribution is -0.384. The van der Waals surface area contributed by atoms with Crippen molar-refractivity contribution in [2.45, 2.75) is 6.92 Å². The van der Waals surface area contributed by atoms with Crippen LogP contribution in [-0.2, 0) is 0 Å². The SMILES string of the molecule is Cc1cccc(Nc2cc([N+](=O)[O-])cc(NN)n2)c1. The van der Waals surface area contributed by atoms with Gasteiger partial charge in [0, 0.05) is 5.69 Å². The number of pyridine rings is 1. The quantitative estimate of drug-likeness (QED) is 0.442. The molecule has 0 aliphatic heterocycles. The first-order valence-electron chi connectivity index (χ1n) is 5.55. The topological polar surface area (TPSA) is 106 Å². The van der Waals surface area contributed by atoms with Gasteiger partial charge in [-0.2, -0.15) is 0 Å². The molecular formula is C12H13N5O2. The molecule has 2 rings (SSSR count). The van der Waals surface area contributed by atoms with Crippen LogP contribution >= 0.6 is 0 Å². The summed E-state index contributed by atoms with van der Waals surface area (Å²) in [6.07, 6.45) is 0. The van der Waals surface area contributed by atoms with Crippen molar-refractivity contribution in [2.24, 2.45) is 5.84 Å². The third-order valence-corrected chi connectivity index (χ3v) is 2.46. The Morgan fingerprint density at radius 2 is 2.00 bits per heavy atom. The van der Waals surface area contributed by atoms with Crippen LogP contribution in [0, 0.1) is 17.0 Å². The van der Waals surface area contributed by atoms with Crippen LogP contribution in [0.15, 0.2) is 36.4 Å². The predicted octanol–water partition coefficient (Wildman–Crippen LogP) is 2.33. The number of anilines is 3. The van der Waals surface area contributed by atoms with Crippen LogP contribution in [0.4, 0.5) is 23.0 Å². The summed E-state index contributed by atoms with van der Waals surface area (Å²) < 4.78 is 0. The first-order valence-corrected chi connectivity index (χ1v) is 5.55. The molecule has 19 heavy (non-hydrogen) atoms. The molecular weight excluding hydrogens is 246 g/mol. The molecule has 0 fully saturated rings. The zero-order valence-electron chi connectivity index (χ0n) is 10.3. The zero-order chi connectivity index (χ0) is 13.8. The number of nitrogens with one attached hydrogen (secondary N) is 2. The molecule has 1 heterocycles. The lowest BCUT2D eigenvalue weighted by Gasteiger charge is -2.08. The number of hydrazine groups is 1. The molecule has 0 aliphatic rings. The van der Waals surface area contributed by atoms with E-state index in [-0.39, 0.29) is 11.5 Å². The minimum atomic E-state index is -0.496. The van der Waals surface area contributed by atoms with E-state index in [1.807, 2.05) is 31.2 Å². The molecule has 0 spiro atoms. The Morgan fingerprint density at radius 1 is 1.26 bits per heavy atom. The van der Waals surface area contributed by atoms with Gasteiger partial charge >= 0.3 is 0 Å². The summed E-state index contributed by atoms with van der Waals surface area (Å²) in [5.41, 5.74) is 4.10. The van der Waals surface area contributed by atoms with E-state index in [2.05, 4.69) is 15.7 Å². The lowest BCUT2D eigenvalue weighted by atomic mass is 10.2.